The molecule has 2 N–H and O–H groups in total. The van der Waals surface area contributed by atoms with Crippen molar-refractivity contribution in [1.29, 1.82) is 0 Å². The SMILES string of the molecule is CCOc1ccc(C2(CNC(=O)CCC3CCNC3)CCOCC2)cc1. The molecule has 2 aliphatic rings. The van der Waals surface area contributed by atoms with E-state index in [-0.39, 0.29) is 11.3 Å². The highest BCUT2D eigenvalue weighted by Gasteiger charge is 2.35. The summed E-state index contributed by atoms with van der Waals surface area (Å²) in [7, 11) is 0. The van der Waals surface area contributed by atoms with Gasteiger partial charge in [0.1, 0.15) is 5.75 Å². The normalized spacial score (nSPS) is 22.1. The van der Waals surface area contributed by atoms with Crippen molar-refractivity contribution < 1.29 is 14.3 Å². The van der Waals surface area contributed by atoms with E-state index in [4.69, 9.17) is 9.47 Å². The van der Waals surface area contributed by atoms with E-state index in [1.165, 1.54) is 12.0 Å². The second kappa shape index (κ2) is 9.38. The molecule has 1 aromatic carbocycles. The zero-order valence-electron chi connectivity index (χ0n) is 15.9. The molecule has 0 saturated carbocycles. The number of benzene rings is 1. The van der Waals surface area contributed by atoms with Crippen LogP contribution in [0.15, 0.2) is 24.3 Å². The Labute approximate surface area is 156 Å². The number of hydrogen-bond acceptors (Lipinski definition) is 4. The lowest BCUT2D eigenvalue weighted by Crippen LogP contribution is -2.44. The van der Waals surface area contributed by atoms with E-state index in [0.29, 0.717) is 25.5 Å². The summed E-state index contributed by atoms with van der Waals surface area (Å²) in [6, 6.07) is 8.36. The lowest BCUT2D eigenvalue weighted by atomic mass is 9.74. The number of amides is 1. The maximum absolute atomic E-state index is 12.4. The molecule has 0 radical (unpaired) electrons. The second-order valence-electron chi connectivity index (χ2n) is 7.52. The highest BCUT2D eigenvalue weighted by atomic mass is 16.5. The van der Waals surface area contributed by atoms with Gasteiger partial charge in [0.2, 0.25) is 5.91 Å². The highest BCUT2D eigenvalue weighted by Crippen LogP contribution is 2.35. The highest BCUT2D eigenvalue weighted by molar-refractivity contribution is 5.76. The van der Waals surface area contributed by atoms with Crippen LogP contribution in [0.2, 0.25) is 0 Å². The van der Waals surface area contributed by atoms with Gasteiger partial charge in [-0.05, 0) is 69.3 Å². The zero-order chi connectivity index (χ0) is 18.2. The van der Waals surface area contributed by atoms with Crippen molar-refractivity contribution in [2.75, 3.05) is 39.5 Å². The van der Waals surface area contributed by atoms with E-state index >= 15 is 0 Å². The predicted octanol–water partition coefficient (Wildman–Crippen LogP) is 2.64. The van der Waals surface area contributed by atoms with Crippen LogP contribution in [0.1, 0.15) is 44.6 Å². The summed E-state index contributed by atoms with van der Waals surface area (Å²) in [6.07, 6.45) is 4.68. The molecule has 2 aliphatic heterocycles. The van der Waals surface area contributed by atoms with Gasteiger partial charge in [0.15, 0.2) is 0 Å². The van der Waals surface area contributed by atoms with Crippen molar-refractivity contribution in [2.24, 2.45) is 5.92 Å². The standard InChI is InChI=1S/C21H32N2O3/c1-2-26-19-6-4-18(5-7-19)21(10-13-25-14-11-21)16-23-20(24)8-3-17-9-12-22-15-17/h4-7,17,22H,2-3,8-16H2,1H3,(H,23,24). The van der Waals surface area contributed by atoms with Gasteiger partial charge in [-0.15, -0.1) is 0 Å². The first-order valence-corrected chi connectivity index (χ1v) is 10.0. The van der Waals surface area contributed by atoms with Crippen molar-refractivity contribution in [1.82, 2.24) is 10.6 Å². The lowest BCUT2D eigenvalue weighted by Gasteiger charge is -2.38. The summed E-state index contributed by atoms with van der Waals surface area (Å²) in [5, 5.41) is 6.57. The van der Waals surface area contributed by atoms with Crippen LogP contribution in [-0.4, -0.2) is 45.4 Å². The third-order valence-electron chi connectivity index (χ3n) is 5.79. The third kappa shape index (κ3) is 4.98. The smallest absolute Gasteiger partial charge is 0.220 e. The molecule has 5 nitrogen and oxygen atoms in total. The van der Waals surface area contributed by atoms with Crippen LogP contribution in [0.25, 0.3) is 0 Å². The molecule has 3 rings (SSSR count). The van der Waals surface area contributed by atoms with Crippen LogP contribution in [-0.2, 0) is 14.9 Å². The van der Waals surface area contributed by atoms with Crippen LogP contribution in [0, 0.1) is 5.92 Å². The minimum atomic E-state index is -0.0342. The van der Waals surface area contributed by atoms with Crippen molar-refractivity contribution in [3.05, 3.63) is 29.8 Å². The fraction of sp³-hybridized carbons (Fsp3) is 0.667. The van der Waals surface area contributed by atoms with E-state index in [1.54, 1.807) is 0 Å². The first-order chi connectivity index (χ1) is 12.7. The van der Waals surface area contributed by atoms with Gasteiger partial charge in [0.05, 0.1) is 6.61 Å². The molecule has 2 fully saturated rings. The Bertz CT molecular complexity index is 561. The summed E-state index contributed by atoms with van der Waals surface area (Å²) in [5.41, 5.74) is 1.23. The number of rotatable bonds is 8. The van der Waals surface area contributed by atoms with Gasteiger partial charge in [0, 0.05) is 31.6 Å². The number of nitrogens with one attached hydrogen (secondary N) is 2. The van der Waals surface area contributed by atoms with E-state index < -0.39 is 0 Å². The first kappa shape index (κ1) is 19.2. The fourth-order valence-electron chi connectivity index (χ4n) is 4.05. The number of hydrogen-bond donors (Lipinski definition) is 2. The predicted molar refractivity (Wildman–Crippen MR) is 103 cm³/mol. The van der Waals surface area contributed by atoms with Gasteiger partial charge in [0.25, 0.3) is 0 Å². The summed E-state index contributed by atoms with van der Waals surface area (Å²) < 4.78 is 11.1. The average Bonchev–Trinajstić information content (AvgIpc) is 3.20. The van der Waals surface area contributed by atoms with Crippen molar-refractivity contribution in [2.45, 2.75) is 44.4 Å². The largest absolute Gasteiger partial charge is 0.494 e. The van der Waals surface area contributed by atoms with Crippen LogP contribution in [0.3, 0.4) is 0 Å². The zero-order valence-corrected chi connectivity index (χ0v) is 15.9. The van der Waals surface area contributed by atoms with E-state index in [2.05, 4.69) is 22.8 Å². The molecule has 0 aromatic heterocycles. The molecule has 1 aromatic rings. The molecule has 0 aliphatic carbocycles. The van der Waals surface area contributed by atoms with E-state index in [0.717, 1.165) is 51.3 Å². The summed E-state index contributed by atoms with van der Waals surface area (Å²) in [5.74, 6) is 1.73. The number of carbonyl (C=O) groups is 1. The molecule has 0 bridgehead atoms. The van der Waals surface area contributed by atoms with Gasteiger partial charge < -0.3 is 20.1 Å². The maximum Gasteiger partial charge on any atom is 0.220 e. The quantitative estimate of drug-likeness (QED) is 0.748. The molecule has 2 saturated heterocycles. The van der Waals surface area contributed by atoms with Gasteiger partial charge in [-0.25, -0.2) is 0 Å². The molecule has 0 spiro atoms. The fourth-order valence-corrected chi connectivity index (χ4v) is 4.05. The van der Waals surface area contributed by atoms with Crippen LogP contribution in [0.4, 0.5) is 0 Å². The molecule has 1 amide bonds. The molecule has 5 heteroatoms. The second-order valence-corrected chi connectivity index (χ2v) is 7.52. The van der Waals surface area contributed by atoms with Crippen molar-refractivity contribution >= 4 is 5.91 Å². The third-order valence-corrected chi connectivity index (χ3v) is 5.79. The molecular formula is C21H32N2O3. The summed E-state index contributed by atoms with van der Waals surface area (Å²) in [4.78, 5) is 12.4. The molecular weight excluding hydrogens is 328 g/mol. The first-order valence-electron chi connectivity index (χ1n) is 10.0. The molecule has 26 heavy (non-hydrogen) atoms. The van der Waals surface area contributed by atoms with Gasteiger partial charge >= 0.3 is 0 Å². The molecule has 2 heterocycles. The lowest BCUT2D eigenvalue weighted by molar-refractivity contribution is -0.121. The Morgan fingerprint density at radius 2 is 2.08 bits per heavy atom. The van der Waals surface area contributed by atoms with E-state index in [9.17, 15) is 4.79 Å². The van der Waals surface area contributed by atoms with Gasteiger partial charge in [-0.1, -0.05) is 12.1 Å². The molecule has 1 unspecified atom stereocenters. The van der Waals surface area contributed by atoms with Gasteiger partial charge in [-0.3, -0.25) is 4.79 Å². The molecule has 1 atom stereocenters. The van der Waals surface area contributed by atoms with Crippen LogP contribution in [0.5, 0.6) is 5.75 Å². The minimum Gasteiger partial charge on any atom is -0.494 e. The number of ether oxygens (including phenoxy) is 2. The Morgan fingerprint density at radius 3 is 2.73 bits per heavy atom. The van der Waals surface area contributed by atoms with Crippen LogP contribution < -0.4 is 15.4 Å². The summed E-state index contributed by atoms with van der Waals surface area (Å²) >= 11 is 0. The monoisotopic (exact) mass is 360 g/mol. The maximum atomic E-state index is 12.4. The Morgan fingerprint density at radius 1 is 1.31 bits per heavy atom. The summed E-state index contributed by atoms with van der Waals surface area (Å²) in [6.45, 7) is 6.99. The average molecular weight is 360 g/mol. The Balaban J connectivity index is 1.58. The van der Waals surface area contributed by atoms with Crippen molar-refractivity contribution in [3.63, 3.8) is 0 Å². The Kier molecular flexibility index (Phi) is 6.92. The Hall–Kier alpha value is -1.59. The number of carbonyl (C=O) groups excluding carboxylic acids is 1. The topological polar surface area (TPSA) is 59.6 Å². The van der Waals surface area contributed by atoms with Gasteiger partial charge in [-0.2, -0.15) is 0 Å². The van der Waals surface area contributed by atoms with Crippen molar-refractivity contribution in [3.8, 4) is 5.75 Å². The van der Waals surface area contributed by atoms with E-state index in [1.807, 2.05) is 19.1 Å². The van der Waals surface area contributed by atoms with Crippen LogP contribution >= 0.6 is 0 Å². The minimum absolute atomic E-state index is 0.0342. The molecule has 144 valence electrons.